The Labute approximate surface area is 147 Å². The van der Waals surface area contributed by atoms with Gasteiger partial charge in [-0.25, -0.2) is 0 Å². The zero-order valence-corrected chi connectivity index (χ0v) is 14.7. The molecule has 24 heavy (non-hydrogen) atoms. The van der Waals surface area contributed by atoms with Crippen LogP contribution in [0.2, 0.25) is 0 Å². The van der Waals surface area contributed by atoms with E-state index >= 15 is 0 Å². The van der Waals surface area contributed by atoms with Gasteiger partial charge in [0.1, 0.15) is 24.4 Å². The van der Waals surface area contributed by atoms with Gasteiger partial charge in [-0.1, -0.05) is 64.7 Å². The average Bonchev–Trinajstić information content (AvgIpc) is 2.61. The second-order valence-corrected chi connectivity index (χ2v) is 6.60. The van der Waals surface area contributed by atoms with Crippen LogP contribution in [0.4, 0.5) is 0 Å². The van der Waals surface area contributed by atoms with E-state index in [0.29, 0.717) is 13.5 Å². The van der Waals surface area contributed by atoms with Gasteiger partial charge in [0.25, 0.3) is 0 Å². The predicted octanol–water partition coefficient (Wildman–Crippen LogP) is 1.72. The third kappa shape index (κ3) is 7.76. The molecule has 0 aromatic carbocycles. The summed E-state index contributed by atoms with van der Waals surface area (Å²) in [6.07, 6.45) is 5.60. The molecule has 6 nitrogen and oxygen atoms in total. The van der Waals surface area contributed by atoms with Gasteiger partial charge in [0.05, 0.1) is 6.61 Å². The van der Waals surface area contributed by atoms with E-state index in [-0.39, 0.29) is 0 Å². The Balaban J connectivity index is 2.01. The monoisotopic (exact) mass is 349 g/mol. The van der Waals surface area contributed by atoms with Crippen LogP contribution in [0.5, 0.6) is 0 Å². The smallest absolute Gasteiger partial charge is 0.184 e. The third-order valence-electron chi connectivity index (χ3n) is 4.55. The molecule has 0 bridgehead atoms. The number of rotatable bonds is 13. The maximum absolute atomic E-state index is 10.0. The number of unbranched alkanes of at least 4 members (excludes halogenated alkanes) is 9. The van der Waals surface area contributed by atoms with Gasteiger partial charge >= 0.3 is 0 Å². The van der Waals surface area contributed by atoms with Gasteiger partial charge in [0.2, 0.25) is 0 Å². The molecule has 0 aliphatic carbocycles. The number of aliphatic hydroxyl groups excluding tert-OH is 4. The third-order valence-corrected chi connectivity index (χ3v) is 4.55. The minimum Gasteiger partial charge on any atom is -0.394 e. The lowest BCUT2D eigenvalue weighted by atomic mass is 9.99. The maximum Gasteiger partial charge on any atom is 0.184 e. The Morgan fingerprint density at radius 3 is 2.04 bits per heavy atom. The summed E-state index contributed by atoms with van der Waals surface area (Å²) >= 11 is 0. The molecule has 1 aliphatic rings. The Hall–Kier alpha value is -0.240. The molecule has 1 heterocycles. The van der Waals surface area contributed by atoms with Gasteiger partial charge in [-0.15, -0.1) is 0 Å². The molecular formula is C18H36O6. The topological polar surface area (TPSA) is 99.4 Å². The van der Waals surface area contributed by atoms with E-state index in [4.69, 9.17) is 16.0 Å². The fourth-order valence-corrected chi connectivity index (χ4v) is 3.00. The average molecular weight is 349 g/mol. The van der Waals surface area contributed by atoms with Crippen molar-refractivity contribution in [3.05, 3.63) is 0 Å². The summed E-state index contributed by atoms with van der Waals surface area (Å²) in [6.45, 7) is 0.508. The molecular weight excluding hydrogens is 312 g/mol. The van der Waals surface area contributed by atoms with Gasteiger partial charge in [-0.05, 0) is 6.42 Å². The van der Waals surface area contributed by atoms with E-state index in [0.717, 1.165) is 25.7 Å². The minimum absolute atomic E-state index is 0.400. The first-order valence-electron chi connectivity index (χ1n) is 10.0. The molecule has 1 aliphatic heterocycles. The van der Waals surface area contributed by atoms with E-state index in [1.807, 2.05) is 0 Å². The van der Waals surface area contributed by atoms with Crippen LogP contribution in [0.25, 0.3) is 0 Å². The molecule has 1 rings (SSSR count). The van der Waals surface area contributed by atoms with Crippen molar-refractivity contribution in [2.45, 2.75) is 102 Å². The molecule has 0 amide bonds. The first kappa shape index (κ1) is 20.1. The molecule has 1 fully saturated rings. The summed E-state index contributed by atoms with van der Waals surface area (Å²) in [4.78, 5) is 0. The summed E-state index contributed by atoms with van der Waals surface area (Å²) in [5.74, 6) is 0. The SMILES string of the molecule is [2H]CCCCCCCCCCCCO[C@H]1[C@H](O)[C@@H](CO)OC(O)[C@@H]1O. The lowest BCUT2D eigenvalue weighted by molar-refractivity contribution is -0.294. The summed E-state index contributed by atoms with van der Waals surface area (Å²) in [5, 5.41) is 38.5. The maximum atomic E-state index is 10.0. The van der Waals surface area contributed by atoms with Crippen LogP contribution in [0.15, 0.2) is 0 Å². The largest absolute Gasteiger partial charge is 0.394 e. The Kier molecular flexibility index (Phi) is 10.9. The Morgan fingerprint density at radius 2 is 1.46 bits per heavy atom. The zero-order chi connectivity index (χ0) is 18.5. The summed E-state index contributed by atoms with van der Waals surface area (Å²) in [7, 11) is 0. The van der Waals surface area contributed by atoms with Crippen LogP contribution in [0.3, 0.4) is 0 Å². The standard InChI is InChI=1S/C18H36O6/c1-2-3-4-5-6-7-8-9-10-11-12-23-17-15(20)14(13-19)24-18(22)16(17)21/h14-22H,2-13H2,1H3/t14-,15-,16-,17+,18?/m1/s1/i1D. The molecule has 5 atom stereocenters. The molecule has 0 radical (unpaired) electrons. The lowest BCUT2D eigenvalue weighted by Gasteiger charge is -2.39. The van der Waals surface area contributed by atoms with Crippen LogP contribution < -0.4 is 0 Å². The summed E-state index contributed by atoms with van der Waals surface area (Å²) < 4.78 is 17.5. The quantitative estimate of drug-likeness (QED) is 0.378. The number of hydrogen-bond acceptors (Lipinski definition) is 6. The molecule has 0 saturated carbocycles. The van der Waals surface area contributed by atoms with Crippen molar-refractivity contribution in [2.75, 3.05) is 13.2 Å². The molecule has 6 heteroatoms. The second kappa shape index (κ2) is 13.0. The van der Waals surface area contributed by atoms with Crippen molar-refractivity contribution >= 4 is 0 Å². The van der Waals surface area contributed by atoms with E-state index in [1.54, 1.807) is 0 Å². The highest BCUT2D eigenvalue weighted by Gasteiger charge is 2.44. The number of hydrogen-bond donors (Lipinski definition) is 4. The van der Waals surface area contributed by atoms with E-state index in [9.17, 15) is 15.3 Å². The molecule has 1 unspecified atom stereocenters. The van der Waals surface area contributed by atoms with Gasteiger partial charge < -0.3 is 29.9 Å². The van der Waals surface area contributed by atoms with Crippen LogP contribution in [-0.4, -0.2) is 64.3 Å². The van der Waals surface area contributed by atoms with Gasteiger partial charge in [-0.3, -0.25) is 0 Å². The van der Waals surface area contributed by atoms with Crippen molar-refractivity contribution in [2.24, 2.45) is 0 Å². The molecule has 0 spiro atoms. The Bertz CT molecular complexity index is 320. The predicted molar refractivity (Wildman–Crippen MR) is 91.6 cm³/mol. The second-order valence-electron chi connectivity index (χ2n) is 6.60. The van der Waals surface area contributed by atoms with Crippen LogP contribution in [0, 0.1) is 0 Å². The molecule has 1 saturated heterocycles. The zero-order valence-electron chi connectivity index (χ0n) is 15.7. The van der Waals surface area contributed by atoms with Gasteiger partial charge in [-0.2, -0.15) is 0 Å². The molecule has 0 aromatic rings. The summed E-state index contributed by atoms with van der Waals surface area (Å²) in [5.41, 5.74) is 0. The normalized spacial score (nSPS) is 31.2. The van der Waals surface area contributed by atoms with Crippen molar-refractivity contribution < 1.29 is 31.3 Å². The molecule has 144 valence electrons. The van der Waals surface area contributed by atoms with Gasteiger partial charge in [0, 0.05) is 7.98 Å². The van der Waals surface area contributed by atoms with Crippen molar-refractivity contribution in [3.8, 4) is 0 Å². The van der Waals surface area contributed by atoms with Crippen LogP contribution >= 0.6 is 0 Å². The van der Waals surface area contributed by atoms with Gasteiger partial charge in [0.15, 0.2) is 6.29 Å². The minimum atomic E-state index is -1.45. The van der Waals surface area contributed by atoms with E-state index < -0.39 is 37.3 Å². The first-order chi connectivity index (χ1) is 12.1. The Morgan fingerprint density at radius 1 is 0.875 bits per heavy atom. The van der Waals surface area contributed by atoms with E-state index in [1.165, 1.54) is 38.5 Å². The fourth-order valence-electron chi connectivity index (χ4n) is 3.00. The highest BCUT2D eigenvalue weighted by molar-refractivity contribution is 4.89. The molecule has 4 N–H and O–H groups in total. The van der Waals surface area contributed by atoms with E-state index in [2.05, 4.69) is 0 Å². The lowest BCUT2D eigenvalue weighted by Crippen LogP contribution is -2.59. The van der Waals surface area contributed by atoms with Crippen molar-refractivity contribution in [1.82, 2.24) is 0 Å². The van der Waals surface area contributed by atoms with Crippen molar-refractivity contribution in [1.29, 1.82) is 0 Å². The highest BCUT2D eigenvalue weighted by Crippen LogP contribution is 2.22. The fraction of sp³-hybridized carbons (Fsp3) is 1.00. The van der Waals surface area contributed by atoms with Crippen molar-refractivity contribution in [3.63, 3.8) is 0 Å². The highest BCUT2D eigenvalue weighted by atomic mass is 16.6. The number of aliphatic hydroxyl groups is 4. The molecule has 0 aromatic heterocycles. The number of ether oxygens (including phenoxy) is 2. The summed E-state index contributed by atoms with van der Waals surface area (Å²) in [6, 6.07) is 0. The van der Waals surface area contributed by atoms with Crippen LogP contribution in [0.1, 0.15) is 72.5 Å². The first-order valence-corrected chi connectivity index (χ1v) is 9.33. The van der Waals surface area contributed by atoms with Crippen LogP contribution in [-0.2, 0) is 9.47 Å².